The fourth-order valence-electron chi connectivity index (χ4n) is 6.45. The maximum atomic E-state index is 13.3. The largest absolute Gasteiger partial charge is 0.464 e. The number of imide groups is 1. The minimum atomic E-state index is -1.56. The molecule has 0 saturated heterocycles. The molecule has 0 spiro atoms. The number of anilines is 1. The van der Waals surface area contributed by atoms with Gasteiger partial charge in [0.15, 0.2) is 5.82 Å². The zero-order valence-corrected chi connectivity index (χ0v) is 32.1. The Balaban J connectivity index is 1.46. The summed E-state index contributed by atoms with van der Waals surface area (Å²) in [6, 6.07) is 16.5. The number of fused-ring (bicyclic) bond motifs is 1. The number of ether oxygens (including phenoxy) is 3. The number of rotatable bonds is 10. The highest BCUT2D eigenvalue weighted by Crippen LogP contribution is 2.41. The van der Waals surface area contributed by atoms with E-state index in [4.69, 9.17) is 25.8 Å². The number of aromatic nitrogens is 3. The zero-order chi connectivity index (χ0) is 39.2. The van der Waals surface area contributed by atoms with Crippen molar-refractivity contribution in [2.24, 2.45) is 0 Å². The van der Waals surface area contributed by atoms with Crippen LogP contribution in [0.1, 0.15) is 73.3 Å². The second-order valence-corrected chi connectivity index (χ2v) is 15.3. The van der Waals surface area contributed by atoms with E-state index in [9.17, 15) is 24.3 Å². The van der Waals surface area contributed by atoms with Crippen molar-refractivity contribution in [1.82, 2.24) is 24.8 Å². The third kappa shape index (κ3) is 9.98. The Morgan fingerprint density at radius 2 is 1.52 bits per heavy atom. The molecule has 14 nitrogen and oxygen atoms in total. The fraction of sp³-hybridized carbons (Fsp3) is 0.436. The van der Waals surface area contributed by atoms with Crippen LogP contribution in [-0.2, 0) is 14.3 Å². The predicted molar refractivity (Wildman–Crippen MR) is 204 cm³/mol. The van der Waals surface area contributed by atoms with Gasteiger partial charge in [-0.25, -0.2) is 24.4 Å². The molecular weight excluding hydrogens is 716 g/mol. The monoisotopic (exact) mass is 762 g/mol. The molecule has 0 atom stereocenters. The van der Waals surface area contributed by atoms with Crippen LogP contribution >= 0.6 is 11.6 Å². The van der Waals surface area contributed by atoms with Gasteiger partial charge in [-0.1, -0.05) is 30.3 Å². The number of hydrogen-bond acceptors (Lipinski definition) is 9. The Labute approximate surface area is 319 Å². The first-order chi connectivity index (χ1) is 25.5. The van der Waals surface area contributed by atoms with E-state index in [0.29, 0.717) is 58.7 Å². The summed E-state index contributed by atoms with van der Waals surface area (Å²) in [6.45, 7) is 10.8. The summed E-state index contributed by atoms with van der Waals surface area (Å²) < 4.78 is 18.8. The van der Waals surface area contributed by atoms with Gasteiger partial charge in [-0.05, 0) is 97.1 Å². The van der Waals surface area contributed by atoms with Crippen LogP contribution in [0, 0.1) is 0 Å². The number of benzene rings is 2. The van der Waals surface area contributed by atoms with E-state index in [0.717, 1.165) is 5.56 Å². The Kier molecular flexibility index (Phi) is 12.4. The molecule has 2 aromatic heterocycles. The van der Waals surface area contributed by atoms with Gasteiger partial charge in [0.25, 0.3) is 0 Å². The van der Waals surface area contributed by atoms with Gasteiger partial charge >= 0.3 is 18.3 Å². The van der Waals surface area contributed by atoms with Crippen molar-refractivity contribution < 1.29 is 38.5 Å². The number of halogens is 1. The van der Waals surface area contributed by atoms with E-state index < -0.39 is 29.5 Å². The molecule has 54 heavy (non-hydrogen) atoms. The van der Waals surface area contributed by atoms with Crippen LogP contribution in [0.5, 0.6) is 11.5 Å². The number of alkyl halides is 1. The molecular formula is C39H47ClN6O8. The number of nitrogens with zero attached hydrogens (tertiary/aromatic N) is 5. The summed E-state index contributed by atoms with van der Waals surface area (Å²) in [4.78, 5) is 62.3. The molecule has 1 aliphatic rings. The van der Waals surface area contributed by atoms with Crippen LogP contribution in [0.25, 0.3) is 22.2 Å². The normalized spacial score (nSPS) is 16.0. The molecule has 5 rings (SSSR count). The third-order valence-electron chi connectivity index (χ3n) is 8.67. The minimum Gasteiger partial charge on any atom is -0.464 e. The van der Waals surface area contributed by atoms with Crippen molar-refractivity contribution in [2.45, 2.75) is 90.5 Å². The molecule has 1 saturated carbocycles. The number of para-hydroxylation sites is 1. The number of amides is 4. The van der Waals surface area contributed by atoms with Crippen molar-refractivity contribution >= 4 is 52.6 Å². The first-order valence-electron chi connectivity index (χ1n) is 17.8. The lowest BCUT2D eigenvalue weighted by atomic mass is 9.90. The van der Waals surface area contributed by atoms with Crippen LogP contribution in [0.15, 0.2) is 67.1 Å². The molecule has 2 aromatic carbocycles. The van der Waals surface area contributed by atoms with E-state index in [-0.39, 0.29) is 42.8 Å². The van der Waals surface area contributed by atoms with Crippen molar-refractivity contribution in [3.05, 3.63) is 67.1 Å². The van der Waals surface area contributed by atoms with E-state index in [1.54, 1.807) is 46.4 Å². The van der Waals surface area contributed by atoms with Crippen LogP contribution < -0.4 is 15.0 Å². The summed E-state index contributed by atoms with van der Waals surface area (Å²) in [5, 5.41) is 13.4. The Morgan fingerprint density at radius 3 is 2.11 bits per heavy atom. The zero-order valence-electron chi connectivity index (χ0n) is 31.4. The summed E-state index contributed by atoms with van der Waals surface area (Å²) in [5.74, 6) is 0.720. The third-order valence-corrected chi connectivity index (χ3v) is 8.90. The molecule has 0 bridgehead atoms. The number of carbonyl (C=O) groups excluding carboxylic acids is 3. The molecule has 4 amide bonds. The van der Waals surface area contributed by atoms with Gasteiger partial charge in [0.05, 0.1) is 5.39 Å². The van der Waals surface area contributed by atoms with Gasteiger partial charge in [-0.2, -0.15) is 4.90 Å². The predicted octanol–water partition coefficient (Wildman–Crippen LogP) is 8.39. The Bertz CT molecular complexity index is 1950. The lowest BCUT2D eigenvalue weighted by molar-refractivity contribution is -0.131. The van der Waals surface area contributed by atoms with E-state index >= 15 is 0 Å². The molecule has 2 N–H and O–H groups in total. The van der Waals surface area contributed by atoms with E-state index in [1.807, 2.05) is 65.4 Å². The topological polar surface area (TPSA) is 165 Å². The summed E-state index contributed by atoms with van der Waals surface area (Å²) in [6.07, 6.45) is 2.50. The molecule has 4 aromatic rings. The molecule has 0 aliphatic heterocycles. The van der Waals surface area contributed by atoms with Crippen molar-refractivity contribution in [2.75, 3.05) is 23.9 Å². The molecule has 0 unspecified atom stereocenters. The highest BCUT2D eigenvalue weighted by molar-refractivity contribution is 6.27. The van der Waals surface area contributed by atoms with E-state index in [1.165, 1.54) is 6.33 Å². The highest BCUT2D eigenvalue weighted by atomic mass is 35.5. The molecule has 0 radical (unpaired) electrons. The van der Waals surface area contributed by atoms with Gasteiger partial charge in [0.1, 0.15) is 40.6 Å². The maximum Gasteiger partial charge on any atom is 0.425 e. The van der Waals surface area contributed by atoms with Crippen LogP contribution in [-0.4, -0.2) is 84.9 Å². The second-order valence-electron chi connectivity index (χ2n) is 15.0. The Morgan fingerprint density at radius 1 is 0.889 bits per heavy atom. The average Bonchev–Trinajstić information content (AvgIpc) is 3.50. The SMILES string of the molecule is CC(C)(C)OC(=O)NCCN(C(=O)CCl)C1CCC(n2cc(-c3ccc(Oc4ccccc4)cc3)c3c(N(C(=O)O)C(=O)OC(C)(C)C)ncnc32)CC1. The maximum absolute atomic E-state index is 13.3. The fourth-order valence-corrected chi connectivity index (χ4v) is 6.61. The highest BCUT2D eigenvalue weighted by Gasteiger charge is 2.35. The van der Waals surface area contributed by atoms with Gasteiger partial charge in [0, 0.05) is 36.9 Å². The first-order valence-corrected chi connectivity index (χ1v) is 18.3. The van der Waals surface area contributed by atoms with Gasteiger partial charge in [-0.3, -0.25) is 4.79 Å². The minimum absolute atomic E-state index is 0.0893. The quantitative estimate of drug-likeness (QED) is 0.150. The number of carbonyl (C=O) groups is 4. The molecule has 288 valence electrons. The summed E-state index contributed by atoms with van der Waals surface area (Å²) in [5.41, 5.74) is 0.145. The molecule has 1 fully saturated rings. The standard InChI is InChI=1S/C39H47ClN6O8/c1-38(2,3)53-35(48)41-20-21-44(31(47)22-40)26-14-16-27(17-15-26)45-23-30(25-12-18-29(19-13-25)52-28-10-8-7-9-11-28)32-33(45)42-24-43-34(32)46(36(49)50)37(51)54-39(4,5)6/h7-13,18-19,23-24,26-27H,14-17,20-22H2,1-6H3,(H,41,48)(H,49,50). The lowest BCUT2D eigenvalue weighted by Crippen LogP contribution is -2.47. The van der Waals surface area contributed by atoms with E-state index in [2.05, 4.69) is 15.3 Å². The van der Waals surface area contributed by atoms with Crippen LogP contribution in [0.2, 0.25) is 0 Å². The molecule has 15 heteroatoms. The summed E-state index contributed by atoms with van der Waals surface area (Å²) in [7, 11) is 0. The van der Waals surface area contributed by atoms with Crippen molar-refractivity contribution in [3.63, 3.8) is 0 Å². The smallest absolute Gasteiger partial charge is 0.425 e. The molecule has 1 aliphatic carbocycles. The Hall–Kier alpha value is -5.37. The lowest BCUT2D eigenvalue weighted by Gasteiger charge is -2.37. The number of nitrogens with one attached hydrogen (secondary N) is 1. The van der Waals surface area contributed by atoms with Crippen molar-refractivity contribution in [1.29, 1.82) is 0 Å². The number of hydrogen-bond donors (Lipinski definition) is 2. The van der Waals surface area contributed by atoms with Crippen LogP contribution in [0.4, 0.5) is 20.2 Å². The van der Waals surface area contributed by atoms with Gasteiger partial charge < -0.3 is 34.1 Å². The number of alkyl carbamates (subject to hydrolysis) is 1. The van der Waals surface area contributed by atoms with Gasteiger partial charge in [-0.15, -0.1) is 11.6 Å². The number of carboxylic acid groups (broad SMARTS) is 1. The first kappa shape index (κ1) is 39.8. The second kappa shape index (κ2) is 16.8. The van der Waals surface area contributed by atoms with Crippen molar-refractivity contribution in [3.8, 4) is 22.6 Å². The average molecular weight is 763 g/mol. The summed E-state index contributed by atoms with van der Waals surface area (Å²) >= 11 is 6.01. The van der Waals surface area contributed by atoms with Crippen LogP contribution in [0.3, 0.4) is 0 Å². The molecule has 2 heterocycles. The van der Waals surface area contributed by atoms with Gasteiger partial charge in [0.2, 0.25) is 5.91 Å².